The number of imidazole rings is 1. The van der Waals surface area contributed by atoms with Crippen molar-refractivity contribution in [2.24, 2.45) is 0 Å². The highest BCUT2D eigenvalue weighted by Gasteiger charge is 2.46. The summed E-state index contributed by atoms with van der Waals surface area (Å²) in [5.41, 5.74) is 9.93. The van der Waals surface area contributed by atoms with Crippen LogP contribution in [0, 0.1) is 11.3 Å². The van der Waals surface area contributed by atoms with Gasteiger partial charge in [0.2, 0.25) is 5.75 Å². The number of anilines is 1. The van der Waals surface area contributed by atoms with Gasteiger partial charge in [-0.2, -0.15) is 10.1 Å². The third-order valence-corrected chi connectivity index (χ3v) is 7.45. The van der Waals surface area contributed by atoms with Gasteiger partial charge in [0.05, 0.1) is 29.2 Å². The van der Waals surface area contributed by atoms with E-state index in [0.717, 1.165) is 52.5 Å². The van der Waals surface area contributed by atoms with Crippen molar-refractivity contribution < 1.29 is 19.0 Å². The predicted octanol–water partition coefficient (Wildman–Crippen LogP) is 7.04. The summed E-state index contributed by atoms with van der Waals surface area (Å²) in [6, 6.07) is 17.9. The van der Waals surface area contributed by atoms with E-state index in [1.54, 1.807) is 0 Å². The maximum atomic E-state index is 13.4. The molecular weight excluding hydrogens is 502 g/mol. The van der Waals surface area contributed by atoms with Crippen LogP contribution in [0.15, 0.2) is 48.5 Å². The SMILES string of the molecule is CC(C)c1nc2ccc(O[N+]3(C(=O)OC(C)(C)C)CCCCC3)c(N)c2n1Cc1ccc(C#N)c2ccccc12. The fraction of sp³-hybridized carbons (Fsp3) is 0.406. The van der Waals surface area contributed by atoms with Crippen LogP contribution in [0.25, 0.3) is 21.8 Å². The van der Waals surface area contributed by atoms with Crippen LogP contribution in [0.1, 0.15) is 76.8 Å². The first kappa shape index (κ1) is 27.5. The van der Waals surface area contributed by atoms with Crippen LogP contribution >= 0.6 is 0 Å². The predicted molar refractivity (Wildman–Crippen MR) is 157 cm³/mol. The zero-order valence-corrected chi connectivity index (χ0v) is 24.0. The number of hydroxylamine groups is 3. The van der Waals surface area contributed by atoms with Crippen LogP contribution in [0.4, 0.5) is 10.5 Å². The second-order valence-corrected chi connectivity index (χ2v) is 12.0. The van der Waals surface area contributed by atoms with Crippen molar-refractivity contribution in [2.45, 2.75) is 71.9 Å². The molecule has 0 aliphatic carbocycles. The van der Waals surface area contributed by atoms with Gasteiger partial charge in [0.1, 0.15) is 30.2 Å². The number of likely N-dealkylation sites (tertiary alicyclic amines) is 1. The average molecular weight is 541 g/mol. The van der Waals surface area contributed by atoms with Gasteiger partial charge in [-0.3, -0.25) is 0 Å². The number of carbonyl (C=O) groups is 1. The van der Waals surface area contributed by atoms with Crippen molar-refractivity contribution >= 4 is 33.6 Å². The molecule has 1 aliphatic heterocycles. The van der Waals surface area contributed by atoms with E-state index in [0.29, 0.717) is 36.6 Å². The number of aromatic nitrogens is 2. The minimum Gasteiger partial charge on any atom is -0.411 e. The lowest BCUT2D eigenvalue weighted by atomic mass is 10.00. The molecular formula is C32H38N5O3+. The van der Waals surface area contributed by atoms with Crippen molar-refractivity contribution in [2.75, 3.05) is 18.8 Å². The van der Waals surface area contributed by atoms with Gasteiger partial charge in [-0.1, -0.05) is 44.2 Å². The number of rotatable bonds is 5. The summed E-state index contributed by atoms with van der Waals surface area (Å²) in [7, 11) is 0. The molecule has 0 radical (unpaired) electrons. The first-order chi connectivity index (χ1) is 19.0. The van der Waals surface area contributed by atoms with Crippen LogP contribution in [0.5, 0.6) is 5.75 Å². The fourth-order valence-electron chi connectivity index (χ4n) is 5.57. The van der Waals surface area contributed by atoms with E-state index in [1.807, 2.05) is 69.3 Å². The Morgan fingerprint density at radius 3 is 2.42 bits per heavy atom. The highest BCUT2D eigenvalue weighted by molar-refractivity contribution is 5.93. The number of hydrogen-bond acceptors (Lipinski definition) is 6. The molecule has 0 spiro atoms. The first-order valence-electron chi connectivity index (χ1n) is 14.0. The topological polar surface area (TPSA) is 103 Å². The van der Waals surface area contributed by atoms with Crippen LogP contribution in [0.2, 0.25) is 0 Å². The van der Waals surface area contributed by atoms with Crippen LogP contribution < -0.4 is 10.6 Å². The zero-order chi connectivity index (χ0) is 28.7. The van der Waals surface area contributed by atoms with Gasteiger partial charge in [0.15, 0.2) is 0 Å². The molecule has 8 nitrogen and oxygen atoms in total. The van der Waals surface area contributed by atoms with Crippen molar-refractivity contribution in [3.8, 4) is 11.8 Å². The Balaban J connectivity index is 1.62. The summed E-state index contributed by atoms with van der Waals surface area (Å²) >= 11 is 0. The van der Waals surface area contributed by atoms with Gasteiger partial charge in [-0.15, -0.1) is 0 Å². The summed E-state index contributed by atoms with van der Waals surface area (Å²) in [6.45, 7) is 11.4. The number of quaternary nitrogens is 1. The normalized spacial score (nSPS) is 15.3. The molecule has 0 unspecified atom stereocenters. The summed E-state index contributed by atoms with van der Waals surface area (Å²) < 4.78 is 7.71. The van der Waals surface area contributed by atoms with E-state index in [1.165, 1.54) is 0 Å². The number of nitrogens with two attached hydrogens (primary N) is 1. The van der Waals surface area contributed by atoms with E-state index < -0.39 is 11.7 Å². The minimum atomic E-state index is -0.632. The van der Waals surface area contributed by atoms with E-state index in [-0.39, 0.29) is 10.6 Å². The number of fused-ring (bicyclic) bond motifs is 2. The number of nitriles is 1. The van der Waals surface area contributed by atoms with Gasteiger partial charge >= 0.3 is 6.09 Å². The second-order valence-electron chi connectivity index (χ2n) is 12.0. The molecule has 4 aromatic rings. The Kier molecular flexibility index (Phi) is 7.19. The quantitative estimate of drug-likeness (QED) is 0.215. The molecule has 40 heavy (non-hydrogen) atoms. The Morgan fingerprint density at radius 1 is 1.07 bits per heavy atom. The molecule has 208 valence electrons. The molecule has 0 saturated carbocycles. The van der Waals surface area contributed by atoms with Gasteiger partial charge in [-0.05, 0) is 66.4 Å². The Morgan fingerprint density at radius 2 is 1.77 bits per heavy atom. The third-order valence-electron chi connectivity index (χ3n) is 7.45. The van der Waals surface area contributed by atoms with Crippen molar-refractivity contribution in [1.82, 2.24) is 9.55 Å². The molecule has 8 heteroatoms. The lowest BCUT2D eigenvalue weighted by Gasteiger charge is -2.36. The molecule has 0 atom stereocenters. The molecule has 1 aliphatic rings. The number of ether oxygens (including phenoxy) is 1. The summed E-state index contributed by atoms with van der Waals surface area (Å²) in [5.74, 6) is 1.49. The van der Waals surface area contributed by atoms with Gasteiger partial charge in [0, 0.05) is 18.8 Å². The number of nitrogens with zero attached hydrogens (tertiary/aromatic N) is 4. The second kappa shape index (κ2) is 10.5. The minimum absolute atomic E-state index is 0.142. The maximum absolute atomic E-state index is 13.4. The van der Waals surface area contributed by atoms with Crippen LogP contribution in [0.3, 0.4) is 0 Å². The Labute approximate surface area is 235 Å². The molecule has 5 rings (SSSR count). The van der Waals surface area contributed by atoms with Crippen LogP contribution in [-0.4, -0.2) is 39.0 Å². The zero-order valence-electron chi connectivity index (χ0n) is 24.0. The summed E-state index contributed by atoms with van der Waals surface area (Å²) in [6.07, 6.45) is 2.38. The number of benzene rings is 3. The monoisotopic (exact) mass is 540 g/mol. The summed E-state index contributed by atoms with van der Waals surface area (Å²) in [4.78, 5) is 24.9. The van der Waals surface area contributed by atoms with E-state index in [9.17, 15) is 10.1 Å². The van der Waals surface area contributed by atoms with E-state index in [4.69, 9.17) is 20.3 Å². The highest BCUT2D eigenvalue weighted by Crippen LogP contribution is 2.37. The maximum Gasteiger partial charge on any atom is 0.559 e. The van der Waals surface area contributed by atoms with Crippen molar-refractivity contribution in [3.63, 3.8) is 0 Å². The molecule has 2 N–H and O–H groups in total. The van der Waals surface area contributed by atoms with Gasteiger partial charge in [-0.25, -0.2) is 4.98 Å². The average Bonchev–Trinajstić information content (AvgIpc) is 3.29. The van der Waals surface area contributed by atoms with E-state index in [2.05, 4.69) is 24.5 Å². The molecule has 1 fully saturated rings. The van der Waals surface area contributed by atoms with Gasteiger partial charge in [0.25, 0.3) is 0 Å². The third kappa shape index (κ3) is 5.09. The van der Waals surface area contributed by atoms with Crippen LogP contribution in [-0.2, 0) is 11.3 Å². The molecule has 2 heterocycles. The largest absolute Gasteiger partial charge is 0.559 e. The molecule has 1 amide bonds. The highest BCUT2D eigenvalue weighted by atomic mass is 16.8. The number of nitrogen functional groups attached to an aromatic ring is 1. The van der Waals surface area contributed by atoms with Gasteiger partial charge < -0.3 is 19.9 Å². The Hall–Kier alpha value is -4.09. The number of carbonyl (C=O) groups excluding carboxylic acids is 1. The smallest absolute Gasteiger partial charge is 0.411 e. The standard InChI is InChI=1S/C32H38N5O3/c1-21(2)30-35-26-15-16-27(40-37(17-9-6-10-18-37)31(38)39-32(3,4)5)28(34)29(26)36(30)20-23-14-13-22(19-33)24-11-7-8-12-25(23)24/h7-8,11-16,21H,6,9-10,17-18,20,34H2,1-5H3/q+1. The first-order valence-corrected chi connectivity index (χ1v) is 14.0. The number of piperidine rings is 1. The van der Waals surface area contributed by atoms with Crippen molar-refractivity contribution in [3.05, 3.63) is 65.5 Å². The van der Waals surface area contributed by atoms with E-state index >= 15 is 0 Å². The number of hydrogen-bond donors (Lipinski definition) is 1. The molecule has 0 bridgehead atoms. The lowest BCUT2D eigenvalue weighted by molar-refractivity contribution is -1.02. The molecule has 3 aromatic carbocycles. The summed E-state index contributed by atoms with van der Waals surface area (Å²) in [5, 5.41) is 11.6. The number of amides is 1. The molecule has 1 aromatic heterocycles. The molecule has 1 saturated heterocycles. The lowest BCUT2D eigenvalue weighted by Crippen LogP contribution is -2.59. The Bertz CT molecular complexity index is 1620. The van der Waals surface area contributed by atoms with Crippen molar-refractivity contribution in [1.29, 1.82) is 5.26 Å². The fourth-order valence-corrected chi connectivity index (χ4v) is 5.57.